The molecular formula is C14H20F3NO. The molecule has 0 fully saturated rings. The summed E-state index contributed by atoms with van der Waals surface area (Å²) in [5, 5.41) is 0. The van der Waals surface area contributed by atoms with Crippen LogP contribution in [0.5, 0.6) is 0 Å². The molecule has 0 amide bonds. The van der Waals surface area contributed by atoms with Gasteiger partial charge in [-0.3, -0.25) is 0 Å². The number of nitrogens with two attached hydrogens (primary N) is 1. The van der Waals surface area contributed by atoms with Crippen LogP contribution in [0, 0.1) is 0 Å². The number of ether oxygens (including phenoxy) is 1. The van der Waals surface area contributed by atoms with E-state index in [0.29, 0.717) is 12.0 Å². The Morgan fingerprint density at radius 2 is 1.95 bits per heavy atom. The highest BCUT2D eigenvalue weighted by molar-refractivity contribution is 5.26. The van der Waals surface area contributed by atoms with Crippen molar-refractivity contribution in [3.63, 3.8) is 0 Å². The van der Waals surface area contributed by atoms with Crippen LogP contribution in [0.15, 0.2) is 24.3 Å². The average Bonchev–Trinajstić information content (AvgIpc) is 2.35. The van der Waals surface area contributed by atoms with Gasteiger partial charge >= 0.3 is 6.18 Å². The first-order valence-corrected chi connectivity index (χ1v) is 6.27. The smallest absolute Gasteiger partial charge is 0.382 e. The molecule has 2 N–H and O–H groups in total. The van der Waals surface area contributed by atoms with Crippen molar-refractivity contribution < 1.29 is 17.9 Å². The molecular weight excluding hydrogens is 255 g/mol. The Morgan fingerprint density at radius 3 is 2.53 bits per heavy atom. The maximum Gasteiger partial charge on any atom is 0.416 e. The summed E-state index contributed by atoms with van der Waals surface area (Å²) in [7, 11) is 1.63. The van der Waals surface area contributed by atoms with Crippen LogP contribution in [-0.4, -0.2) is 19.3 Å². The molecule has 2 nitrogen and oxygen atoms in total. The van der Waals surface area contributed by atoms with Crippen molar-refractivity contribution in [1.82, 2.24) is 0 Å². The fraction of sp³-hybridized carbons (Fsp3) is 0.571. The maximum atomic E-state index is 12.6. The molecule has 0 saturated carbocycles. The fourth-order valence-corrected chi connectivity index (χ4v) is 1.85. The van der Waals surface area contributed by atoms with E-state index in [9.17, 15) is 13.2 Å². The second kappa shape index (κ2) is 6.91. The number of halogens is 3. The Morgan fingerprint density at radius 1 is 1.26 bits per heavy atom. The summed E-state index contributed by atoms with van der Waals surface area (Å²) in [6.07, 6.45) is -2.21. The zero-order chi connectivity index (χ0) is 14.5. The molecule has 0 spiro atoms. The lowest BCUT2D eigenvalue weighted by atomic mass is 9.99. The second-order valence-electron chi connectivity index (χ2n) is 4.79. The van der Waals surface area contributed by atoms with Crippen LogP contribution in [0.3, 0.4) is 0 Å². The van der Waals surface area contributed by atoms with Crippen LogP contribution in [0.2, 0.25) is 0 Å². The van der Waals surface area contributed by atoms with Gasteiger partial charge in [-0.2, -0.15) is 13.2 Å². The van der Waals surface area contributed by atoms with Gasteiger partial charge in [0.25, 0.3) is 0 Å². The minimum Gasteiger partial charge on any atom is -0.382 e. The third kappa shape index (κ3) is 5.61. The molecule has 0 heterocycles. The third-order valence-corrected chi connectivity index (χ3v) is 3.10. The molecule has 0 saturated heterocycles. The quantitative estimate of drug-likeness (QED) is 0.863. The summed E-state index contributed by atoms with van der Waals surface area (Å²) in [4.78, 5) is 0. The van der Waals surface area contributed by atoms with Gasteiger partial charge in [0.05, 0.1) is 11.7 Å². The van der Waals surface area contributed by atoms with Gasteiger partial charge in [0.1, 0.15) is 0 Å². The highest BCUT2D eigenvalue weighted by Crippen LogP contribution is 2.29. The molecule has 5 heteroatoms. The van der Waals surface area contributed by atoms with Gasteiger partial charge in [0.15, 0.2) is 0 Å². The minimum atomic E-state index is -4.30. The van der Waals surface area contributed by atoms with Crippen LogP contribution >= 0.6 is 0 Å². The Labute approximate surface area is 111 Å². The summed E-state index contributed by atoms with van der Waals surface area (Å²) in [5.41, 5.74) is 5.93. The van der Waals surface area contributed by atoms with Gasteiger partial charge in [-0.1, -0.05) is 18.2 Å². The molecule has 2 atom stereocenters. The van der Waals surface area contributed by atoms with Crippen LogP contribution in [0.4, 0.5) is 13.2 Å². The van der Waals surface area contributed by atoms with Gasteiger partial charge in [0, 0.05) is 13.2 Å². The lowest BCUT2D eigenvalue weighted by molar-refractivity contribution is -0.137. The second-order valence-corrected chi connectivity index (χ2v) is 4.79. The van der Waals surface area contributed by atoms with Gasteiger partial charge < -0.3 is 10.5 Å². The van der Waals surface area contributed by atoms with Crippen molar-refractivity contribution in [3.05, 3.63) is 35.4 Å². The van der Waals surface area contributed by atoms with Gasteiger partial charge in [-0.25, -0.2) is 0 Å². The number of alkyl halides is 3. The number of hydrogen-bond acceptors (Lipinski definition) is 2. The van der Waals surface area contributed by atoms with Crippen molar-refractivity contribution in [2.45, 2.75) is 44.5 Å². The Balaban J connectivity index is 2.57. The molecule has 0 radical (unpaired) electrons. The van der Waals surface area contributed by atoms with E-state index in [1.165, 1.54) is 12.1 Å². The Kier molecular flexibility index (Phi) is 5.82. The SMILES string of the molecule is COC(C)CCC(N)Cc1cccc(C(F)(F)F)c1. The van der Waals surface area contributed by atoms with Crippen LogP contribution in [-0.2, 0) is 17.3 Å². The lowest BCUT2D eigenvalue weighted by Gasteiger charge is -2.15. The predicted octanol–water partition coefficient (Wildman–Crippen LogP) is 3.39. The molecule has 1 aromatic rings. The highest BCUT2D eigenvalue weighted by Gasteiger charge is 2.30. The molecule has 0 aliphatic rings. The van der Waals surface area contributed by atoms with Crippen LogP contribution in [0.25, 0.3) is 0 Å². The first-order chi connectivity index (χ1) is 8.82. The average molecular weight is 275 g/mol. The zero-order valence-corrected chi connectivity index (χ0v) is 11.2. The monoisotopic (exact) mass is 275 g/mol. The summed E-state index contributed by atoms with van der Waals surface area (Å²) < 4.78 is 42.8. The fourth-order valence-electron chi connectivity index (χ4n) is 1.85. The number of hydrogen-bond donors (Lipinski definition) is 1. The number of benzene rings is 1. The van der Waals surface area contributed by atoms with E-state index < -0.39 is 11.7 Å². The summed E-state index contributed by atoms with van der Waals surface area (Å²) in [6, 6.07) is 5.18. The van der Waals surface area contributed by atoms with E-state index in [1.807, 2.05) is 6.92 Å². The maximum absolute atomic E-state index is 12.6. The number of rotatable bonds is 6. The minimum absolute atomic E-state index is 0.118. The molecule has 0 bridgehead atoms. The predicted molar refractivity (Wildman–Crippen MR) is 68.8 cm³/mol. The van der Waals surface area contributed by atoms with Gasteiger partial charge in [0.2, 0.25) is 0 Å². The van der Waals surface area contributed by atoms with Crippen LogP contribution < -0.4 is 5.73 Å². The molecule has 0 aromatic heterocycles. The van der Waals surface area contributed by atoms with E-state index in [-0.39, 0.29) is 12.1 Å². The third-order valence-electron chi connectivity index (χ3n) is 3.10. The molecule has 0 aliphatic carbocycles. The molecule has 1 rings (SSSR count). The Bertz CT molecular complexity index is 393. The summed E-state index contributed by atoms with van der Waals surface area (Å²) in [5.74, 6) is 0. The Hall–Kier alpha value is -1.07. The standard InChI is InChI=1S/C14H20F3NO/c1-10(19-2)6-7-13(18)9-11-4-3-5-12(8-11)14(15,16)17/h3-5,8,10,13H,6-7,9,18H2,1-2H3. The zero-order valence-electron chi connectivity index (χ0n) is 11.2. The highest BCUT2D eigenvalue weighted by atomic mass is 19.4. The first kappa shape index (κ1) is 16.0. The summed E-state index contributed by atoms with van der Waals surface area (Å²) >= 11 is 0. The van der Waals surface area contributed by atoms with Crippen molar-refractivity contribution in [3.8, 4) is 0 Å². The van der Waals surface area contributed by atoms with Crippen molar-refractivity contribution in [2.24, 2.45) is 5.73 Å². The molecule has 108 valence electrons. The number of methoxy groups -OCH3 is 1. The molecule has 19 heavy (non-hydrogen) atoms. The van der Waals surface area contributed by atoms with Crippen molar-refractivity contribution in [2.75, 3.05) is 7.11 Å². The van der Waals surface area contributed by atoms with Crippen LogP contribution in [0.1, 0.15) is 30.9 Å². The van der Waals surface area contributed by atoms with E-state index in [0.717, 1.165) is 18.9 Å². The van der Waals surface area contributed by atoms with E-state index >= 15 is 0 Å². The van der Waals surface area contributed by atoms with E-state index in [2.05, 4.69) is 0 Å². The van der Waals surface area contributed by atoms with Gasteiger partial charge in [-0.05, 0) is 37.8 Å². The molecule has 0 aliphatic heterocycles. The first-order valence-electron chi connectivity index (χ1n) is 6.27. The van der Waals surface area contributed by atoms with Gasteiger partial charge in [-0.15, -0.1) is 0 Å². The van der Waals surface area contributed by atoms with E-state index in [4.69, 9.17) is 10.5 Å². The normalized spacial score (nSPS) is 15.3. The van der Waals surface area contributed by atoms with Crippen molar-refractivity contribution in [1.29, 1.82) is 0 Å². The topological polar surface area (TPSA) is 35.2 Å². The molecule has 2 unspecified atom stereocenters. The largest absolute Gasteiger partial charge is 0.416 e. The summed E-state index contributed by atoms with van der Waals surface area (Å²) in [6.45, 7) is 1.94. The van der Waals surface area contributed by atoms with Crippen molar-refractivity contribution >= 4 is 0 Å². The van der Waals surface area contributed by atoms with E-state index in [1.54, 1.807) is 13.2 Å². The molecule has 1 aromatic carbocycles. The lowest BCUT2D eigenvalue weighted by Crippen LogP contribution is -2.24.